The van der Waals surface area contributed by atoms with Crippen LogP contribution < -0.4 is 10.1 Å². The summed E-state index contributed by atoms with van der Waals surface area (Å²) in [7, 11) is 0. The van der Waals surface area contributed by atoms with Gasteiger partial charge < -0.3 is 19.5 Å². The van der Waals surface area contributed by atoms with Crippen LogP contribution in [0, 0.1) is 5.82 Å². The molecule has 1 aliphatic heterocycles. The van der Waals surface area contributed by atoms with Gasteiger partial charge in [-0.15, -0.1) is 11.3 Å². The molecule has 2 heterocycles. The van der Waals surface area contributed by atoms with Crippen LogP contribution in [0.5, 0.6) is 5.75 Å². The highest BCUT2D eigenvalue weighted by molar-refractivity contribution is 7.11. The number of carbonyl (C=O) groups is 1. The number of thiophene rings is 1. The molecular formula is C26H28FNO4S. The lowest BCUT2D eigenvalue weighted by Crippen LogP contribution is -2.52. The summed E-state index contributed by atoms with van der Waals surface area (Å²) in [5.74, 6) is 0.0450. The Hall–Kier alpha value is -2.90. The summed E-state index contributed by atoms with van der Waals surface area (Å²) in [5, 5.41) is 5.21. The molecule has 33 heavy (non-hydrogen) atoms. The van der Waals surface area contributed by atoms with E-state index >= 15 is 0 Å². The maximum absolute atomic E-state index is 13.2. The van der Waals surface area contributed by atoms with E-state index in [1.165, 1.54) is 23.5 Å². The van der Waals surface area contributed by atoms with Crippen molar-refractivity contribution in [2.24, 2.45) is 0 Å². The van der Waals surface area contributed by atoms with Crippen molar-refractivity contribution in [1.29, 1.82) is 0 Å². The van der Waals surface area contributed by atoms with E-state index in [0.29, 0.717) is 17.2 Å². The minimum absolute atomic E-state index is 0.0875. The summed E-state index contributed by atoms with van der Waals surface area (Å²) in [6.07, 6.45) is -1.23. The molecule has 2 atom stereocenters. The molecule has 5 nitrogen and oxygen atoms in total. The molecule has 7 heteroatoms. The zero-order chi connectivity index (χ0) is 23.6. The molecular weight excluding hydrogens is 441 g/mol. The quantitative estimate of drug-likeness (QED) is 0.408. The Morgan fingerprint density at radius 2 is 1.94 bits per heavy atom. The van der Waals surface area contributed by atoms with E-state index in [0.717, 1.165) is 16.8 Å². The lowest BCUT2D eigenvalue weighted by atomic mass is 9.87. The standard InChI is InChI=1S/C26H28FNO4S/c1-16(2)30-23-20-14-19(28-15-17-7-9-18(27)10-8-17)11-12-21(20)32-26(3,4)24(23)31-25(29)22-6-5-13-33-22/h5-14,16,23-24,28H,15H2,1-4H3. The molecule has 0 aliphatic carbocycles. The molecule has 4 rings (SSSR count). The molecule has 174 valence electrons. The van der Waals surface area contributed by atoms with Gasteiger partial charge in [-0.3, -0.25) is 0 Å². The van der Waals surface area contributed by atoms with Crippen LogP contribution in [-0.4, -0.2) is 23.8 Å². The molecule has 0 spiro atoms. The van der Waals surface area contributed by atoms with Gasteiger partial charge in [0.25, 0.3) is 0 Å². The van der Waals surface area contributed by atoms with E-state index in [2.05, 4.69) is 5.32 Å². The molecule has 3 aromatic rings. The highest BCUT2D eigenvalue weighted by Gasteiger charge is 2.48. The fraction of sp³-hybridized carbons (Fsp3) is 0.346. The number of fused-ring (bicyclic) bond motifs is 1. The van der Waals surface area contributed by atoms with Gasteiger partial charge in [-0.2, -0.15) is 0 Å². The molecule has 0 bridgehead atoms. The number of nitrogens with one attached hydrogen (secondary N) is 1. The Morgan fingerprint density at radius 3 is 2.61 bits per heavy atom. The first-order valence-corrected chi connectivity index (χ1v) is 11.8. The molecule has 2 unspecified atom stereocenters. The van der Waals surface area contributed by atoms with Crippen molar-refractivity contribution in [2.45, 2.75) is 58.2 Å². The lowest BCUT2D eigenvalue weighted by molar-refractivity contribution is -0.151. The van der Waals surface area contributed by atoms with Crippen LogP contribution in [0.1, 0.15) is 54.6 Å². The first-order chi connectivity index (χ1) is 15.7. The van der Waals surface area contributed by atoms with Crippen molar-refractivity contribution in [3.05, 3.63) is 81.8 Å². The van der Waals surface area contributed by atoms with E-state index in [1.807, 2.05) is 57.3 Å². The highest BCUT2D eigenvalue weighted by Crippen LogP contribution is 2.45. The van der Waals surface area contributed by atoms with Gasteiger partial charge in [0, 0.05) is 17.8 Å². The molecule has 0 radical (unpaired) electrons. The highest BCUT2D eigenvalue weighted by atomic mass is 32.1. The van der Waals surface area contributed by atoms with Gasteiger partial charge in [-0.05, 0) is 75.0 Å². The molecule has 0 saturated carbocycles. The maximum atomic E-state index is 13.2. The Balaban J connectivity index is 1.61. The average molecular weight is 470 g/mol. The fourth-order valence-electron chi connectivity index (χ4n) is 3.86. The smallest absolute Gasteiger partial charge is 0.348 e. The summed E-state index contributed by atoms with van der Waals surface area (Å²) in [4.78, 5) is 13.3. The fourth-order valence-corrected chi connectivity index (χ4v) is 4.46. The van der Waals surface area contributed by atoms with Crippen LogP contribution in [0.25, 0.3) is 0 Å². The van der Waals surface area contributed by atoms with Crippen molar-refractivity contribution in [2.75, 3.05) is 5.32 Å². The number of hydrogen-bond donors (Lipinski definition) is 1. The van der Waals surface area contributed by atoms with Crippen LogP contribution in [-0.2, 0) is 16.0 Å². The van der Waals surface area contributed by atoms with Gasteiger partial charge in [-0.1, -0.05) is 18.2 Å². The zero-order valence-corrected chi connectivity index (χ0v) is 19.9. The van der Waals surface area contributed by atoms with Gasteiger partial charge in [0.15, 0.2) is 6.10 Å². The predicted molar refractivity (Wildman–Crippen MR) is 127 cm³/mol. The Bertz CT molecular complexity index is 1100. The second-order valence-electron chi connectivity index (χ2n) is 8.85. The van der Waals surface area contributed by atoms with Gasteiger partial charge in [0.05, 0.1) is 6.10 Å². The molecule has 1 aliphatic rings. The third kappa shape index (κ3) is 5.37. The van der Waals surface area contributed by atoms with E-state index in [-0.39, 0.29) is 11.9 Å². The molecule has 0 saturated heterocycles. The first-order valence-electron chi connectivity index (χ1n) is 10.9. The Morgan fingerprint density at radius 1 is 1.18 bits per heavy atom. The Kier molecular flexibility index (Phi) is 6.72. The number of rotatable bonds is 7. The van der Waals surface area contributed by atoms with Crippen molar-refractivity contribution < 1.29 is 23.4 Å². The topological polar surface area (TPSA) is 56.8 Å². The van der Waals surface area contributed by atoms with Crippen LogP contribution in [0.3, 0.4) is 0 Å². The number of esters is 1. The normalized spacial score (nSPS) is 19.0. The number of halogens is 1. The lowest BCUT2D eigenvalue weighted by Gasteiger charge is -2.44. The molecule has 1 N–H and O–H groups in total. The van der Waals surface area contributed by atoms with Crippen molar-refractivity contribution in [3.8, 4) is 5.75 Å². The van der Waals surface area contributed by atoms with Crippen molar-refractivity contribution in [3.63, 3.8) is 0 Å². The number of hydrogen-bond acceptors (Lipinski definition) is 6. The van der Waals surface area contributed by atoms with E-state index in [9.17, 15) is 9.18 Å². The van der Waals surface area contributed by atoms with Gasteiger partial charge in [0.1, 0.15) is 28.1 Å². The molecule has 0 fully saturated rings. The maximum Gasteiger partial charge on any atom is 0.348 e. The summed E-state index contributed by atoms with van der Waals surface area (Å²) in [6, 6.07) is 15.7. The minimum atomic E-state index is -0.789. The third-order valence-electron chi connectivity index (χ3n) is 5.43. The van der Waals surface area contributed by atoms with Crippen molar-refractivity contribution in [1.82, 2.24) is 0 Å². The largest absolute Gasteiger partial charge is 0.483 e. The zero-order valence-electron chi connectivity index (χ0n) is 19.1. The minimum Gasteiger partial charge on any atom is -0.483 e. The van der Waals surface area contributed by atoms with E-state index in [1.54, 1.807) is 18.2 Å². The van der Waals surface area contributed by atoms with Crippen LogP contribution in [0.4, 0.5) is 10.1 Å². The SMILES string of the molecule is CC(C)OC1c2cc(NCc3ccc(F)cc3)ccc2OC(C)(C)C1OC(=O)c1cccs1. The van der Waals surface area contributed by atoms with Crippen LogP contribution in [0.15, 0.2) is 60.0 Å². The van der Waals surface area contributed by atoms with Crippen molar-refractivity contribution >= 4 is 23.0 Å². The second-order valence-corrected chi connectivity index (χ2v) is 9.79. The van der Waals surface area contributed by atoms with E-state index < -0.39 is 23.8 Å². The van der Waals surface area contributed by atoms with Gasteiger partial charge >= 0.3 is 5.97 Å². The first kappa shape index (κ1) is 23.3. The predicted octanol–water partition coefficient (Wildman–Crippen LogP) is 6.36. The second kappa shape index (κ2) is 9.53. The monoisotopic (exact) mass is 469 g/mol. The van der Waals surface area contributed by atoms with Crippen LogP contribution >= 0.6 is 11.3 Å². The summed E-state index contributed by atoms with van der Waals surface area (Å²) in [6.45, 7) is 8.26. The summed E-state index contributed by atoms with van der Waals surface area (Å²) >= 11 is 1.34. The van der Waals surface area contributed by atoms with Gasteiger partial charge in [-0.25, -0.2) is 9.18 Å². The number of anilines is 1. The molecule has 0 amide bonds. The van der Waals surface area contributed by atoms with E-state index in [4.69, 9.17) is 14.2 Å². The third-order valence-corrected chi connectivity index (χ3v) is 6.28. The Labute approximate surface area is 197 Å². The van der Waals surface area contributed by atoms with Crippen LogP contribution in [0.2, 0.25) is 0 Å². The summed E-state index contributed by atoms with van der Waals surface area (Å²) < 4.78 is 31.7. The van der Waals surface area contributed by atoms with Gasteiger partial charge in [0.2, 0.25) is 0 Å². The number of carbonyl (C=O) groups excluding carboxylic acids is 1. The number of ether oxygens (including phenoxy) is 3. The molecule has 1 aromatic heterocycles. The summed E-state index contributed by atoms with van der Waals surface area (Å²) in [5.41, 5.74) is 1.85. The average Bonchev–Trinajstić information content (AvgIpc) is 3.30. The number of benzene rings is 2. The molecule has 2 aromatic carbocycles.